The molecule has 3 heteroatoms. The molecular weight excluding hydrogens is 241 g/mol. The van der Waals surface area contributed by atoms with Gasteiger partial charge in [-0.1, -0.05) is 45.4 Å². The molecule has 2 N–H and O–H groups in total. The highest BCUT2D eigenvalue weighted by atomic mass is 19.1. The molecule has 0 saturated carbocycles. The molecule has 2 nitrogen and oxygen atoms in total. The van der Waals surface area contributed by atoms with Crippen LogP contribution in [0, 0.1) is 12.7 Å². The van der Waals surface area contributed by atoms with Crippen LogP contribution in [-0.2, 0) is 0 Å². The number of rotatable bonds is 9. The number of unbranched alkanes of at least 4 members (excludes halogenated alkanes) is 6. The summed E-state index contributed by atoms with van der Waals surface area (Å²) >= 11 is 0. The summed E-state index contributed by atoms with van der Waals surface area (Å²) in [5.41, 5.74) is 6.96. The van der Waals surface area contributed by atoms with Gasteiger partial charge in [-0.3, -0.25) is 0 Å². The van der Waals surface area contributed by atoms with E-state index in [0.717, 1.165) is 18.4 Å². The van der Waals surface area contributed by atoms with Crippen molar-refractivity contribution >= 4 is 5.69 Å². The number of nitrogen functional groups attached to an aromatic ring is 1. The summed E-state index contributed by atoms with van der Waals surface area (Å²) in [6.07, 6.45) is 8.60. The highest BCUT2D eigenvalue weighted by Gasteiger charge is 2.06. The van der Waals surface area contributed by atoms with Crippen LogP contribution in [0.3, 0.4) is 0 Å². The van der Waals surface area contributed by atoms with Crippen molar-refractivity contribution < 1.29 is 9.13 Å². The lowest BCUT2D eigenvalue weighted by atomic mass is 10.1. The molecule has 0 atom stereocenters. The van der Waals surface area contributed by atoms with Crippen molar-refractivity contribution in [2.24, 2.45) is 0 Å². The molecule has 1 aromatic rings. The normalized spacial score (nSPS) is 10.7. The third kappa shape index (κ3) is 5.95. The number of ether oxygens (including phenoxy) is 1. The van der Waals surface area contributed by atoms with Gasteiger partial charge in [-0.25, -0.2) is 4.39 Å². The van der Waals surface area contributed by atoms with Crippen LogP contribution in [0.25, 0.3) is 0 Å². The maximum atomic E-state index is 13.5. The van der Waals surface area contributed by atoms with Gasteiger partial charge in [0.15, 0.2) is 11.6 Å². The largest absolute Gasteiger partial charge is 0.491 e. The van der Waals surface area contributed by atoms with Gasteiger partial charge in [-0.05, 0) is 25.0 Å². The van der Waals surface area contributed by atoms with E-state index in [1.807, 2.05) is 6.92 Å². The molecule has 108 valence electrons. The Morgan fingerprint density at radius 3 is 2.37 bits per heavy atom. The number of hydrogen-bond donors (Lipinski definition) is 1. The average Bonchev–Trinajstić information content (AvgIpc) is 2.38. The SMILES string of the molecule is CCCCCCCCCOc1cc(C)c(N)cc1F. The lowest BCUT2D eigenvalue weighted by molar-refractivity contribution is 0.290. The molecule has 0 unspecified atom stereocenters. The molecule has 0 aliphatic rings. The van der Waals surface area contributed by atoms with Crippen LogP contribution in [0.4, 0.5) is 10.1 Å². The first kappa shape index (κ1) is 15.8. The summed E-state index contributed by atoms with van der Waals surface area (Å²) in [5, 5.41) is 0. The van der Waals surface area contributed by atoms with Crippen molar-refractivity contribution in [3.8, 4) is 5.75 Å². The summed E-state index contributed by atoms with van der Waals surface area (Å²) in [5.74, 6) is -0.0521. The smallest absolute Gasteiger partial charge is 0.167 e. The number of halogens is 1. The Morgan fingerprint density at radius 1 is 1.05 bits per heavy atom. The van der Waals surface area contributed by atoms with Crippen LogP contribution < -0.4 is 10.5 Å². The summed E-state index contributed by atoms with van der Waals surface area (Å²) < 4.78 is 19.0. The fourth-order valence-corrected chi connectivity index (χ4v) is 2.02. The van der Waals surface area contributed by atoms with Crippen molar-refractivity contribution in [1.29, 1.82) is 0 Å². The van der Waals surface area contributed by atoms with Crippen LogP contribution in [0.2, 0.25) is 0 Å². The van der Waals surface area contributed by atoms with E-state index in [9.17, 15) is 4.39 Å². The van der Waals surface area contributed by atoms with Gasteiger partial charge in [0.1, 0.15) is 0 Å². The summed E-state index contributed by atoms with van der Waals surface area (Å²) in [6.45, 7) is 4.65. The second-order valence-corrected chi connectivity index (χ2v) is 5.11. The second-order valence-electron chi connectivity index (χ2n) is 5.11. The first-order valence-corrected chi connectivity index (χ1v) is 7.33. The Bertz CT molecular complexity index is 379. The van der Waals surface area contributed by atoms with Gasteiger partial charge in [0.05, 0.1) is 6.61 Å². The molecule has 0 amide bonds. The van der Waals surface area contributed by atoms with Crippen LogP contribution >= 0.6 is 0 Å². The lowest BCUT2D eigenvalue weighted by Gasteiger charge is -2.09. The Kier molecular flexibility index (Phi) is 7.31. The number of nitrogens with two attached hydrogens (primary N) is 1. The summed E-state index contributed by atoms with van der Waals surface area (Å²) in [4.78, 5) is 0. The standard InChI is InChI=1S/C16H26FNO/c1-3-4-5-6-7-8-9-10-19-16-11-13(2)15(18)12-14(16)17/h11-12H,3-10,18H2,1-2H3. The van der Waals surface area contributed by atoms with Crippen molar-refractivity contribution in [2.75, 3.05) is 12.3 Å². The van der Waals surface area contributed by atoms with Crippen LogP contribution in [0.15, 0.2) is 12.1 Å². The third-order valence-corrected chi connectivity index (χ3v) is 3.33. The van der Waals surface area contributed by atoms with E-state index in [2.05, 4.69) is 6.92 Å². The number of aryl methyl sites for hydroxylation is 1. The van der Waals surface area contributed by atoms with E-state index in [4.69, 9.17) is 10.5 Å². The van der Waals surface area contributed by atoms with Gasteiger partial charge < -0.3 is 10.5 Å². The second kappa shape index (κ2) is 8.78. The first-order valence-electron chi connectivity index (χ1n) is 7.33. The molecule has 0 radical (unpaired) electrons. The molecule has 0 aliphatic heterocycles. The molecule has 0 spiro atoms. The molecular formula is C16H26FNO. The molecule has 0 fully saturated rings. The number of anilines is 1. The quantitative estimate of drug-likeness (QED) is 0.513. The Morgan fingerprint density at radius 2 is 1.68 bits per heavy atom. The molecule has 0 aromatic heterocycles. The Hall–Kier alpha value is -1.25. The van der Waals surface area contributed by atoms with E-state index >= 15 is 0 Å². The fraction of sp³-hybridized carbons (Fsp3) is 0.625. The van der Waals surface area contributed by atoms with Crippen LogP contribution in [0.1, 0.15) is 57.4 Å². The zero-order valence-corrected chi connectivity index (χ0v) is 12.2. The molecule has 0 aliphatic carbocycles. The van der Waals surface area contributed by atoms with Crippen molar-refractivity contribution in [1.82, 2.24) is 0 Å². The highest BCUT2D eigenvalue weighted by Crippen LogP contribution is 2.23. The van der Waals surface area contributed by atoms with E-state index in [1.54, 1.807) is 6.07 Å². The number of hydrogen-bond acceptors (Lipinski definition) is 2. The minimum atomic E-state index is -0.369. The van der Waals surface area contributed by atoms with E-state index in [0.29, 0.717) is 18.0 Å². The van der Waals surface area contributed by atoms with Gasteiger partial charge in [0.2, 0.25) is 0 Å². The van der Waals surface area contributed by atoms with Gasteiger partial charge in [0, 0.05) is 11.8 Å². The average molecular weight is 267 g/mol. The minimum absolute atomic E-state index is 0.317. The highest BCUT2D eigenvalue weighted by molar-refractivity contribution is 5.50. The van der Waals surface area contributed by atoms with Crippen molar-refractivity contribution in [3.63, 3.8) is 0 Å². The van der Waals surface area contributed by atoms with Gasteiger partial charge in [-0.15, -0.1) is 0 Å². The summed E-state index contributed by atoms with van der Waals surface area (Å²) in [6, 6.07) is 3.00. The molecule has 1 rings (SSSR count). The minimum Gasteiger partial charge on any atom is -0.491 e. The topological polar surface area (TPSA) is 35.2 Å². The molecule has 0 saturated heterocycles. The Labute approximate surface area is 116 Å². The van der Waals surface area contributed by atoms with E-state index in [1.165, 1.54) is 38.2 Å². The summed E-state index contributed by atoms with van der Waals surface area (Å²) in [7, 11) is 0. The van der Waals surface area contributed by atoms with E-state index in [-0.39, 0.29) is 5.82 Å². The maximum absolute atomic E-state index is 13.5. The predicted octanol–water partition coefficient (Wildman–Crippen LogP) is 4.85. The molecule has 1 aromatic carbocycles. The van der Waals surface area contributed by atoms with Crippen LogP contribution in [-0.4, -0.2) is 6.61 Å². The zero-order chi connectivity index (χ0) is 14.1. The third-order valence-electron chi connectivity index (χ3n) is 3.33. The zero-order valence-electron chi connectivity index (χ0n) is 12.2. The van der Waals surface area contributed by atoms with Gasteiger partial charge >= 0.3 is 0 Å². The monoisotopic (exact) mass is 267 g/mol. The molecule has 0 heterocycles. The molecule has 0 bridgehead atoms. The predicted molar refractivity (Wildman–Crippen MR) is 79.0 cm³/mol. The number of benzene rings is 1. The van der Waals surface area contributed by atoms with Crippen LogP contribution in [0.5, 0.6) is 5.75 Å². The van der Waals surface area contributed by atoms with Gasteiger partial charge in [0.25, 0.3) is 0 Å². The lowest BCUT2D eigenvalue weighted by Crippen LogP contribution is -2.01. The fourth-order valence-electron chi connectivity index (χ4n) is 2.02. The van der Waals surface area contributed by atoms with Crippen molar-refractivity contribution in [3.05, 3.63) is 23.5 Å². The maximum Gasteiger partial charge on any atom is 0.167 e. The van der Waals surface area contributed by atoms with Gasteiger partial charge in [-0.2, -0.15) is 0 Å². The van der Waals surface area contributed by atoms with E-state index < -0.39 is 0 Å². The molecule has 19 heavy (non-hydrogen) atoms. The van der Waals surface area contributed by atoms with Crippen molar-refractivity contribution in [2.45, 2.75) is 58.8 Å². The first-order chi connectivity index (χ1) is 9.15. The Balaban J connectivity index is 2.17.